The largest absolute Gasteiger partial charge is 0.484 e. The van der Waals surface area contributed by atoms with Gasteiger partial charge in [-0.2, -0.15) is 0 Å². The molecule has 10 heteroatoms. The number of nitrogens with zero attached hydrogens (tertiary/aromatic N) is 5. The molecule has 3 N–H and O–H groups in total. The second kappa shape index (κ2) is 12.5. The van der Waals surface area contributed by atoms with Crippen LogP contribution >= 0.6 is 0 Å². The van der Waals surface area contributed by atoms with Crippen molar-refractivity contribution in [3.8, 4) is 5.75 Å². The number of rotatable bonds is 6. The number of pyridine rings is 1. The molecule has 2 amide bonds. The van der Waals surface area contributed by atoms with Crippen molar-refractivity contribution in [1.82, 2.24) is 30.1 Å². The van der Waals surface area contributed by atoms with Gasteiger partial charge in [0.1, 0.15) is 11.9 Å². The van der Waals surface area contributed by atoms with E-state index in [4.69, 9.17) is 4.74 Å². The number of benzene rings is 2. The lowest BCUT2D eigenvalue weighted by Gasteiger charge is -2.33. The van der Waals surface area contributed by atoms with Gasteiger partial charge in [0.25, 0.3) is 0 Å². The number of likely N-dealkylation sites (tertiary alicyclic amines) is 1. The minimum Gasteiger partial charge on any atom is -0.484 e. The highest BCUT2D eigenvalue weighted by molar-refractivity contribution is 5.90. The molecule has 2 aliphatic heterocycles. The fourth-order valence-corrected chi connectivity index (χ4v) is 7.42. The Morgan fingerprint density at radius 1 is 1.00 bits per heavy atom. The van der Waals surface area contributed by atoms with Gasteiger partial charge in [-0.1, -0.05) is 45.0 Å². The zero-order chi connectivity index (χ0) is 32.8. The maximum absolute atomic E-state index is 13.5. The Bertz CT molecular complexity index is 1760. The zero-order valence-electron chi connectivity index (χ0n) is 28.3. The minimum atomic E-state index is -0.197. The topological polar surface area (TPSA) is 99.1 Å². The molecule has 3 atom stereocenters. The molecule has 0 bridgehead atoms. The molecule has 2 aromatic heterocycles. The molecule has 1 unspecified atom stereocenters. The fourth-order valence-electron chi connectivity index (χ4n) is 7.42. The Kier molecular flexibility index (Phi) is 8.34. The summed E-state index contributed by atoms with van der Waals surface area (Å²) in [6, 6.07) is 18.4. The molecule has 7 rings (SSSR count). The maximum Gasteiger partial charge on any atom is 0.319 e. The van der Waals surface area contributed by atoms with Crippen molar-refractivity contribution in [2.24, 2.45) is 0 Å². The Morgan fingerprint density at radius 2 is 1.79 bits per heavy atom. The molecule has 1 aliphatic carbocycles. The van der Waals surface area contributed by atoms with Crippen molar-refractivity contribution in [2.75, 3.05) is 50.0 Å². The van der Waals surface area contributed by atoms with E-state index in [-0.39, 0.29) is 29.1 Å². The van der Waals surface area contributed by atoms with E-state index in [1.165, 1.54) is 5.56 Å². The van der Waals surface area contributed by atoms with E-state index in [0.717, 1.165) is 98.1 Å². The van der Waals surface area contributed by atoms with Crippen molar-refractivity contribution >= 4 is 23.1 Å². The minimum absolute atomic E-state index is 0.0421. The number of fused-ring (bicyclic) bond motifs is 2. The highest BCUT2D eigenvalue weighted by Crippen LogP contribution is 2.40. The van der Waals surface area contributed by atoms with Gasteiger partial charge in [-0.05, 0) is 98.6 Å². The number of piperazine rings is 1. The van der Waals surface area contributed by atoms with E-state index in [1.807, 2.05) is 30.5 Å². The monoisotopic (exact) mass is 636 g/mol. The van der Waals surface area contributed by atoms with Crippen molar-refractivity contribution < 1.29 is 9.53 Å². The van der Waals surface area contributed by atoms with Crippen molar-refractivity contribution in [3.63, 3.8) is 0 Å². The maximum atomic E-state index is 13.5. The van der Waals surface area contributed by atoms with E-state index in [2.05, 4.69) is 105 Å². The number of ether oxygens (including phenoxy) is 1. The summed E-state index contributed by atoms with van der Waals surface area (Å²) in [5.41, 5.74) is 5.99. The molecule has 2 fully saturated rings. The summed E-state index contributed by atoms with van der Waals surface area (Å²) < 4.78 is 8.76. The van der Waals surface area contributed by atoms with Crippen LogP contribution in [0, 0.1) is 0 Å². The third-order valence-electron chi connectivity index (χ3n) is 10.4. The predicted molar refractivity (Wildman–Crippen MR) is 186 cm³/mol. The third kappa shape index (κ3) is 6.28. The number of hydrogen-bond donors (Lipinski definition) is 3. The Hall–Kier alpha value is -4.15. The summed E-state index contributed by atoms with van der Waals surface area (Å²) in [4.78, 5) is 18.3. The van der Waals surface area contributed by atoms with E-state index < -0.39 is 0 Å². The van der Waals surface area contributed by atoms with Gasteiger partial charge in [0.05, 0.1) is 17.8 Å². The van der Waals surface area contributed by atoms with Crippen molar-refractivity contribution in [3.05, 3.63) is 83.3 Å². The molecule has 0 radical (unpaired) electrons. The van der Waals surface area contributed by atoms with Gasteiger partial charge in [0.15, 0.2) is 11.5 Å². The van der Waals surface area contributed by atoms with Gasteiger partial charge in [0.2, 0.25) is 0 Å². The molecule has 0 spiro atoms. The quantitative estimate of drug-likeness (QED) is 0.233. The lowest BCUT2D eigenvalue weighted by Crippen LogP contribution is -2.43. The van der Waals surface area contributed by atoms with Gasteiger partial charge < -0.3 is 25.6 Å². The first-order valence-corrected chi connectivity index (χ1v) is 17.1. The van der Waals surface area contributed by atoms with E-state index in [1.54, 1.807) is 0 Å². The van der Waals surface area contributed by atoms with E-state index >= 15 is 0 Å². The highest BCUT2D eigenvalue weighted by Gasteiger charge is 2.40. The standard InChI is InChI=1S/C37H48N8O2/c1-36(2,3)25-21-26(23-27(22-25)44-19-16-38-17-20-44)39-35(46)40-31-12-13-32(30-10-7-6-9-29(30)31)47-28-11-14-33-41-42-34(45(33)24-28)37(4)15-8-18-43(37)5/h6-7,9-11,14,21-24,31-32,38H,8,12-13,15-20H2,1-5H3,(H2,39,40,46)/t31-,32?,37-/m0/s1. The van der Waals surface area contributed by atoms with Gasteiger partial charge in [-0.15, -0.1) is 10.2 Å². The van der Waals surface area contributed by atoms with Gasteiger partial charge in [-0.3, -0.25) is 9.30 Å². The number of amides is 2. The summed E-state index contributed by atoms with van der Waals surface area (Å²) in [6.07, 6.45) is 5.65. The second-order valence-electron chi connectivity index (χ2n) is 14.6. The summed E-state index contributed by atoms with van der Waals surface area (Å²) in [5.74, 6) is 1.73. The Balaban J connectivity index is 1.08. The molecule has 248 valence electrons. The molecule has 3 aliphatic rings. The van der Waals surface area contributed by atoms with Crippen LogP contribution in [0.2, 0.25) is 0 Å². The number of aromatic nitrogens is 3. The van der Waals surface area contributed by atoms with Crippen LogP contribution in [0.4, 0.5) is 16.2 Å². The molecule has 0 saturated carbocycles. The molecule has 4 aromatic rings. The predicted octanol–water partition coefficient (Wildman–Crippen LogP) is 6.15. The van der Waals surface area contributed by atoms with Crippen LogP contribution in [0.5, 0.6) is 5.75 Å². The smallest absolute Gasteiger partial charge is 0.319 e. The number of anilines is 2. The normalized spacial score (nSPS) is 23.5. The van der Waals surface area contributed by atoms with Crippen LogP contribution < -0.4 is 25.6 Å². The Morgan fingerprint density at radius 3 is 2.53 bits per heavy atom. The third-order valence-corrected chi connectivity index (χ3v) is 10.4. The zero-order valence-corrected chi connectivity index (χ0v) is 28.3. The van der Waals surface area contributed by atoms with Crippen LogP contribution in [0.15, 0.2) is 60.8 Å². The van der Waals surface area contributed by atoms with E-state index in [9.17, 15) is 4.79 Å². The SMILES string of the molecule is CN1CCC[C@@]1(C)c1nnc2ccc(OC3CC[C@H](NC(=O)Nc4cc(N5CCNCC5)cc(C(C)(C)C)c4)c4ccccc43)cn12. The fraction of sp³-hybridized carbons (Fsp3) is 0.486. The molecule has 47 heavy (non-hydrogen) atoms. The summed E-state index contributed by atoms with van der Waals surface area (Å²) >= 11 is 0. The number of nitrogens with one attached hydrogen (secondary N) is 3. The van der Waals surface area contributed by atoms with Gasteiger partial charge in [0, 0.05) is 37.6 Å². The van der Waals surface area contributed by atoms with Gasteiger partial charge >= 0.3 is 6.03 Å². The summed E-state index contributed by atoms with van der Waals surface area (Å²) in [5, 5.41) is 18.9. The number of hydrogen-bond acceptors (Lipinski definition) is 7. The molecule has 10 nitrogen and oxygen atoms in total. The van der Waals surface area contributed by atoms with E-state index in [0.29, 0.717) is 0 Å². The lowest BCUT2D eigenvalue weighted by molar-refractivity contribution is 0.170. The summed E-state index contributed by atoms with van der Waals surface area (Å²) in [7, 11) is 2.16. The molecular weight excluding hydrogens is 588 g/mol. The van der Waals surface area contributed by atoms with Crippen LogP contribution in [0.3, 0.4) is 0 Å². The molecule has 2 saturated heterocycles. The van der Waals surface area contributed by atoms with Crippen LogP contribution in [0.1, 0.15) is 88.0 Å². The average molecular weight is 637 g/mol. The van der Waals surface area contributed by atoms with Crippen LogP contribution in [0.25, 0.3) is 5.65 Å². The first-order valence-electron chi connectivity index (χ1n) is 17.1. The molecule has 4 heterocycles. The van der Waals surface area contributed by atoms with Gasteiger partial charge in [-0.25, -0.2) is 4.79 Å². The van der Waals surface area contributed by atoms with Crippen molar-refractivity contribution in [2.45, 2.75) is 76.5 Å². The lowest BCUT2D eigenvalue weighted by atomic mass is 9.85. The van der Waals surface area contributed by atoms with Crippen LogP contribution in [-0.2, 0) is 11.0 Å². The summed E-state index contributed by atoms with van der Waals surface area (Å²) in [6.45, 7) is 13.8. The number of carbonyl (C=O) groups is 1. The highest BCUT2D eigenvalue weighted by atomic mass is 16.5. The molecular formula is C37H48N8O2. The first kappa shape index (κ1) is 31.4. The van der Waals surface area contributed by atoms with Crippen LogP contribution in [-0.4, -0.2) is 65.3 Å². The van der Waals surface area contributed by atoms with Crippen molar-refractivity contribution in [1.29, 1.82) is 0 Å². The molecule has 2 aromatic carbocycles. The average Bonchev–Trinajstić information content (AvgIpc) is 3.64. The number of carbonyl (C=O) groups excluding carboxylic acids is 1. The Labute approximate surface area is 277 Å². The first-order chi connectivity index (χ1) is 22.6. The second-order valence-corrected chi connectivity index (χ2v) is 14.6. The number of urea groups is 1.